The normalized spacial score (nSPS) is 17.3. The van der Waals surface area contributed by atoms with Gasteiger partial charge in [-0.2, -0.15) is 5.10 Å². The maximum absolute atomic E-state index is 12.8. The van der Waals surface area contributed by atoms with Crippen molar-refractivity contribution in [3.05, 3.63) is 52.6 Å². The molecule has 2 aromatic rings. The first-order chi connectivity index (χ1) is 10.1. The molecule has 1 amide bonds. The SMILES string of the molecule is C[C@@H]1CCc2[nH]nc(C(=O)NCc3ccc(F)cc3)c2C1. The molecular formula is C16H18FN3O. The van der Waals surface area contributed by atoms with Gasteiger partial charge in [0.2, 0.25) is 0 Å². The number of H-pyrrole nitrogens is 1. The van der Waals surface area contributed by atoms with Gasteiger partial charge in [-0.15, -0.1) is 0 Å². The molecule has 110 valence electrons. The Labute approximate surface area is 122 Å². The highest BCUT2D eigenvalue weighted by atomic mass is 19.1. The summed E-state index contributed by atoms with van der Waals surface area (Å²) >= 11 is 0. The standard InChI is InChI=1S/C16H18FN3O/c1-10-2-7-14-13(8-10)15(20-19-14)16(21)18-9-11-3-5-12(17)6-4-11/h3-6,10H,2,7-9H2,1H3,(H,18,21)(H,19,20)/t10-/m1/s1. The van der Waals surface area contributed by atoms with Crippen LogP contribution >= 0.6 is 0 Å². The Morgan fingerprint density at radius 2 is 2.19 bits per heavy atom. The minimum absolute atomic E-state index is 0.175. The zero-order valence-electron chi connectivity index (χ0n) is 11.9. The van der Waals surface area contributed by atoms with Crippen LogP contribution in [0.4, 0.5) is 4.39 Å². The number of amides is 1. The molecule has 0 saturated heterocycles. The summed E-state index contributed by atoms with van der Waals surface area (Å²) in [6, 6.07) is 6.11. The van der Waals surface area contributed by atoms with Crippen LogP contribution in [-0.4, -0.2) is 16.1 Å². The Kier molecular flexibility index (Phi) is 3.73. The summed E-state index contributed by atoms with van der Waals surface area (Å²) < 4.78 is 12.8. The smallest absolute Gasteiger partial charge is 0.272 e. The molecule has 0 unspecified atom stereocenters. The molecule has 4 nitrogen and oxygen atoms in total. The van der Waals surface area contributed by atoms with Gasteiger partial charge in [0.15, 0.2) is 5.69 Å². The van der Waals surface area contributed by atoms with Crippen LogP contribution in [0.5, 0.6) is 0 Å². The molecule has 21 heavy (non-hydrogen) atoms. The van der Waals surface area contributed by atoms with Gasteiger partial charge in [-0.25, -0.2) is 4.39 Å². The second kappa shape index (κ2) is 5.68. The van der Waals surface area contributed by atoms with Crippen LogP contribution in [0.3, 0.4) is 0 Å². The lowest BCUT2D eigenvalue weighted by Crippen LogP contribution is -2.25. The van der Waals surface area contributed by atoms with E-state index in [0.717, 1.165) is 36.1 Å². The second-order valence-electron chi connectivity index (χ2n) is 5.69. The molecule has 1 aliphatic carbocycles. The van der Waals surface area contributed by atoms with Crippen LogP contribution in [0.25, 0.3) is 0 Å². The van der Waals surface area contributed by atoms with Crippen molar-refractivity contribution in [1.82, 2.24) is 15.5 Å². The van der Waals surface area contributed by atoms with Crippen molar-refractivity contribution in [2.45, 2.75) is 32.7 Å². The molecule has 0 fully saturated rings. The van der Waals surface area contributed by atoms with Gasteiger partial charge in [0, 0.05) is 17.8 Å². The average Bonchev–Trinajstić information content (AvgIpc) is 2.89. The van der Waals surface area contributed by atoms with Gasteiger partial charge in [-0.1, -0.05) is 19.1 Å². The quantitative estimate of drug-likeness (QED) is 0.911. The number of hydrogen-bond acceptors (Lipinski definition) is 2. The number of carbonyl (C=O) groups is 1. The van der Waals surface area contributed by atoms with E-state index in [1.54, 1.807) is 12.1 Å². The summed E-state index contributed by atoms with van der Waals surface area (Å²) in [4.78, 5) is 12.3. The van der Waals surface area contributed by atoms with Crippen molar-refractivity contribution in [3.63, 3.8) is 0 Å². The highest BCUT2D eigenvalue weighted by Crippen LogP contribution is 2.26. The lowest BCUT2D eigenvalue weighted by Gasteiger charge is -2.17. The fourth-order valence-corrected chi connectivity index (χ4v) is 2.73. The number of aromatic amines is 1. The fourth-order valence-electron chi connectivity index (χ4n) is 2.73. The van der Waals surface area contributed by atoms with E-state index in [9.17, 15) is 9.18 Å². The first kappa shape index (κ1) is 13.8. The maximum Gasteiger partial charge on any atom is 0.272 e. The Hall–Kier alpha value is -2.17. The van der Waals surface area contributed by atoms with Crippen LogP contribution in [0.1, 0.15) is 40.7 Å². The van der Waals surface area contributed by atoms with Crippen molar-refractivity contribution < 1.29 is 9.18 Å². The molecule has 0 bridgehead atoms. The molecule has 1 aliphatic rings. The van der Waals surface area contributed by atoms with Crippen molar-refractivity contribution in [1.29, 1.82) is 0 Å². The molecule has 0 radical (unpaired) electrons. The van der Waals surface area contributed by atoms with Crippen LogP contribution < -0.4 is 5.32 Å². The van der Waals surface area contributed by atoms with Gasteiger partial charge in [0.1, 0.15) is 5.82 Å². The van der Waals surface area contributed by atoms with Crippen molar-refractivity contribution >= 4 is 5.91 Å². The third-order valence-corrected chi connectivity index (χ3v) is 3.97. The van der Waals surface area contributed by atoms with Crippen LogP contribution in [-0.2, 0) is 19.4 Å². The summed E-state index contributed by atoms with van der Waals surface area (Å²) in [6.07, 6.45) is 2.98. The van der Waals surface area contributed by atoms with Crippen molar-refractivity contribution in [2.75, 3.05) is 0 Å². The first-order valence-corrected chi connectivity index (χ1v) is 7.22. The number of aromatic nitrogens is 2. The zero-order valence-corrected chi connectivity index (χ0v) is 11.9. The third kappa shape index (κ3) is 2.96. The number of benzene rings is 1. The first-order valence-electron chi connectivity index (χ1n) is 7.22. The molecular weight excluding hydrogens is 269 g/mol. The zero-order chi connectivity index (χ0) is 14.8. The van der Waals surface area contributed by atoms with Crippen molar-refractivity contribution in [2.24, 2.45) is 5.92 Å². The molecule has 2 N–H and O–H groups in total. The molecule has 0 spiro atoms. The number of nitrogens with one attached hydrogen (secondary N) is 2. The molecule has 5 heteroatoms. The Morgan fingerprint density at radius 1 is 1.43 bits per heavy atom. The highest BCUT2D eigenvalue weighted by molar-refractivity contribution is 5.94. The average molecular weight is 287 g/mol. The molecule has 0 aliphatic heterocycles. The Balaban J connectivity index is 1.68. The highest BCUT2D eigenvalue weighted by Gasteiger charge is 2.24. The molecule has 1 aromatic heterocycles. The largest absolute Gasteiger partial charge is 0.347 e. The van der Waals surface area contributed by atoms with E-state index in [-0.39, 0.29) is 11.7 Å². The van der Waals surface area contributed by atoms with Gasteiger partial charge < -0.3 is 5.32 Å². The minimum atomic E-state index is -0.277. The third-order valence-electron chi connectivity index (χ3n) is 3.97. The van der Waals surface area contributed by atoms with E-state index in [1.807, 2.05) is 0 Å². The number of nitrogens with zero attached hydrogens (tertiary/aromatic N) is 1. The van der Waals surface area contributed by atoms with E-state index in [2.05, 4.69) is 22.4 Å². The Bertz CT molecular complexity index is 648. The predicted octanol–water partition coefficient (Wildman–Crippen LogP) is 2.60. The topological polar surface area (TPSA) is 57.8 Å². The molecule has 3 rings (SSSR count). The van der Waals surface area contributed by atoms with Crippen LogP contribution in [0.15, 0.2) is 24.3 Å². The van der Waals surface area contributed by atoms with Gasteiger partial charge in [-0.3, -0.25) is 9.89 Å². The lowest BCUT2D eigenvalue weighted by atomic mass is 9.87. The lowest BCUT2D eigenvalue weighted by molar-refractivity contribution is 0.0944. The van der Waals surface area contributed by atoms with Gasteiger partial charge >= 0.3 is 0 Å². The minimum Gasteiger partial charge on any atom is -0.347 e. The Morgan fingerprint density at radius 3 is 2.95 bits per heavy atom. The van der Waals surface area contributed by atoms with E-state index in [1.165, 1.54) is 12.1 Å². The van der Waals surface area contributed by atoms with E-state index >= 15 is 0 Å². The number of rotatable bonds is 3. The van der Waals surface area contributed by atoms with Crippen molar-refractivity contribution in [3.8, 4) is 0 Å². The monoisotopic (exact) mass is 287 g/mol. The summed E-state index contributed by atoms with van der Waals surface area (Å²) in [6.45, 7) is 2.56. The van der Waals surface area contributed by atoms with E-state index in [4.69, 9.17) is 0 Å². The number of carbonyl (C=O) groups excluding carboxylic acids is 1. The molecule has 1 aromatic carbocycles. The molecule has 1 heterocycles. The number of hydrogen-bond donors (Lipinski definition) is 2. The molecule has 0 saturated carbocycles. The van der Waals surface area contributed by atoms with E-state index in [0.29, 0.717) is 18.2 Å². The van der Waals surface area contributed by atoms with Gasteiger partial charge in [0.05, 0.1) is 0 Å². The summed E-state index contributed by atoms with van der Waals surface area (Å²) in [5.41, 5.74) is 3.49. The summed E-state index contributed by atoms with van der Waals surface area (Å²) in [5, 5.41) is 9.98. The predicted molar refractivity (Wildman–Crippen MR) is 77.3 cm³/mol. The van der Waals surface area contributed by atoms with E-state index < -0.39 is 0 Å². The fraction of sp³-hybridized carbons (Fsp3) is 0.375. The molecule has 1 atom stereocenters. The maximum atomic E-state index is 12.8. The van der Waals surface area contributed by atoms with Crippen LogP contribution in [0, 0.1) is 11.7 Å². The summed E-state index contributed by atoms with van der Waals surface area (Å²) in [7, 11) is 0. The summed E-state index contributed by atoms with van der Waals surface area (Å²) in [5.74, 6) is 0.130. The van der Waals surface area contributed by atoms with Gasteiger partial charge in [-0.05, 0) is 42.9 Å². The number of halogens is 1. The number of aryl methyl sites for hydroxylation is 1. The van der Waals surface area contributed by atoms with Crippen LogP contribution in [0.2, 0.25) is 0 Å². The second-order valence-corrected chi connectivity index (χ2v) is 5.69. The van der Waals surface area contributed by atoms with Gasteiger partial charge in [0.25, 0.3) is 5.91 Å². The number of fused-ring (bicyclic) bond motifs is 1.